The number of para-hydroxylation sites is 2. The molecule has 0 unspecified atom stereocenters. The van der Waals surface area contributed by atoms with E-state index in [0.717, 1.165) is 38.5 Å². The Morgan fingerprint density at radius 2 is 1.52 bits per heavy atom. The van der Waals surface area contributed by atoms with Crippen LogP contribution in [0.4, 0.5) is 17.1 Å². The number of aromatic nitrogens is 5. The van der Waals surface area contributed by atoms with Crippen molar-refractivity contribution < 1.29 is 29.0 Å². The van der Waals surface area contributed by atoms with E-state index in [1.807, 2.05) is 117 Å². The highest BCUT2D eigenvalue weighted by Gasteiger charge is 2.66. The van der Waals surface area contributed by atoms with Gasteiger partial charge in [0.25, 0.3) is 5.91 Å². The monoisotopic (exact) mass is 850 g/mol. The minimum Gasteiger partial charge on any atom is -0.432 e. The number of nitrogens with zero attached hydrogens (tertiary/aromatic N) is 4. The fraction of sp³-hybridized carbons (Fsp3) is 0.298. The van der Waals surface area contributed by atoms with Gasteiger partial charge in [0.1, 0.15) is 0 Å². The van der Waals surface area contributed by atoms with Crippen LogP contribution in [-0.4, -0.2) is 73.6 Å². The van der Waals surface area contributed by atoms with Crippen molar-refractivity contribution in [1.29, 1.82) is 0 Å². The zero-order valence-corrected chi connectivity index (χ0v) is 35.9. The first-order chi connectivity index (χ1) is 29.9. The second-order valence-electron chi connectivity index (χ2n) is 17.1. The van der Waals surface area contributed by atoms with Crippen LogP contribution < -0.4 is 15.5 Å². The molecule has 2 aliphatic heterocycles. The molecule has 0 radical (unpaired) electrons. The third kappa shape index (κ3) is 7.72. The summed E-state index contributed by atoms with van der Waals surface area (Å²) in [6, 6.07) is 28.7. The average Bonchev–Trinajstić information content (AvgIpc) is 4.07. The smallest absolute Gasteiger partial charge is 0.264 e. The average molecular weight is 851 g/mol. The lowest BCUT2D eigenvalue weighted by Gasteiger charge is -2.32. The zero-order chi connectivity index (χ0) is 43.2. The number of hydrogen-bond acceptors (Lipinski definition) is 8. The van der Waals surface area contributed by atoms with Crippen molar-refractivity contribution in [3.05, 3.63) is 138 Å². The lowest BCUT2D eigenvalue weighted by molar-refractivity contribution is -0.146. The van der Waals surface area contributed by atoms with Crippen LogP contribution in [0.3, 0.4) is 0 Å². The maximum atomic E-state index is 15.3. The van der Waals surface area contributed by atoms with E-state index in [2.05, 4.69) is 30.9 Å². The zero-order valence-electron chi connectivity index (χ0n) is 34.9. The maximum absolute atomic E-state index is 15.3. The summed E-state index contributed by atoms with van der Waals surface area (Å²) in [5.41, 5.74) is 5.76. The van der Waals surface area contributed by atoms with E-state index in [-0.39, 0.29) is 49.3 Å². The number of benzene rings is 4. The van der Waals surface area contributed by atoms with Gasteiger partial charge in [-0.2, -0.15) is 0 Å². The van der Waals surface area contributed by atoms with Gasteiger partial charge in [0.15, 0.2) is 13.9 Å². The van der Waals surface area contributed by atoms with Crippen LogP contribution in [0.5, 0.6) is 0 Å². The van der Waals surface area contributed by atoms with Crippen LogP contribution in [0.1, 0.15) is 41.3 Å². The second-order valence-corrected chi connectivity index (χ2v) is 21.1. The van der Waals surface area contributed by atoms with Gasteiger partial charge >= 0.3 is 0 Å². The molecule has 1 fully saturated rings. The topological polar surface area (TPSA) is 190 Å². The lowest BCUT2D eigenvalue weighted by Crippen LogP contribution is -2.46. The van der Waals surface area contributed by atoms with Gasteiger partial charge < -0.3 is 40.1 Å². The van der Waals surface area contributed by atoms with Gasteiger partial charge in [-0.1, -0.05) is 60.7 Å². The predicted octanol–water partition coefficient (Wildman–Crippen LogP) is 6.57. The number of aliphatic hydroxyl groups excluding tert-OH is 1. The Bertz CT molecular complexity index is 2810. The van der Waals surface area contributed by atoms with Crippen LogP contribution in [0, 0.1) is 5.92 Å². The Kier molecular flexibility index (Phi) is 10.9. The molecule has 0 aliphatic carbocycles. The van der Waals surface area contributed by atoms with E-state index in [4.69, 9.17) is 4.74 Å². The van der Waals surface area contributed by atoms with Crippen LogP contribution in [-0.2, 0) is 57.1 Å². The van der Waals surface area contributed by atoms with Crippen molar-refractivity contribution in [3.8, 4) is 0 Å². The standard InChI is InChI=1S/C47H50N8O6Si/c1-29-45(62(2,3)60)42(17-19-54-28-35(18-20-56)52-53-54)61-47(29)38-24-34(51-44(58)23-32-26-49-40-14-7-5-12-37(32)40)15-16-41(38)55(46(47)59)27-30-9-8-10-33(21-30)50-43(57)22-31-25-48-39-13-6-4-11-36(31)39/h4-16,21,24-26,28-29,42,45,48-49,56,60H,17-20,22-23,27H2,1-3H3,(H,50,57)(H,51,58)/t29-,42+,45-,47+/m0/s1. The molecular formula is C47H50N8O6Si. The number of anilines is 3. The summed E-state index contributed by atoms with van der Waals surface area (Å²) in [5, 5.41) is 25.9. The Labute approximate surface area is 359 Å². The molecule has 62 heavy (non-hydrogen) atoms. The van der Waals surface area contributed by atoms with Gasteiger partial charge in [0, 0.05) is 88.4 Å². The van der Waals surface area contributed by atoms with Crippen molar-refractivity contribution in [2.45, 2.75) is 76.0 Å². The van der Waals surface area contributed by atoms with Crippen LogP contribution in [0.15, 0.2) is 110 Å². The highest BCUT2D eigenvalue weighted by Crippen LogP contribution is 2.60. The molecular weight excluding hydrogens is 801 g/mol. The predicted molar refractivity (Wildman–Crippen MR) is 240 cm³/mol. The Balaban J connectivity index is 1.01. The van der Waals surface area contributed by atoms with E-state index in [1.165, 1.54) is 0 Å². The van der Waals surface area contributed by atoms with Gasteiger partial charge in [-0.25, -0.2) is 0 Å². The number of amides is 3. The molecule has 14 nitrogen and oxygen atoms in total. The number of carbonyl (C=O) groups is 3. The molecule has 2 aliphatic rings. The summed E-state index contributed by atoms with van der Waals surface area (Å²) in [6.45, 7) is 6.34. The highest BCUT2D eigenvalue weighted by atomic mass is 28.4. The molecule has 6 N–H and O–H groups in total. The number of aliphatic hydroxyl groups is 1. The van der Waals surface area contributed by atoms with Crippen LogP contribution >= 0.6 is 0 Å². The number of hydrogen-bond donors (Lipinski definition) is 6. The molecule has 0 saturated carbocycles. The highest BCUT2D eigenvalue weighted by molar-refractivity contribution is 6.71. The molecule has 3 amide bonds. The van der Waals surface area contributed by atoms with Crippen molar-refractivity contribution in [2.24, 2.45) is 5.92 Å². The minimum atomic E-state index is -2.99. The number of fused-ring (bicyclic) bond motifs is 4. The quantitative estimate of drug-likeness (QED) is 0.0663. The largest absolute Gasteiger partial charge is 0.432 e. The van der Waals surface area contributed by atoms with E-state index in [9.17, 15) is 19.5 Å². The summed E-state index contributed by atoms with van der Waals surface area (Å²) in [7, 11) is -2.99. The molecule has 9 rings (SSSR count). The van der Waals surface area contributed by atoms with Gasteiger partial charge in [0.05, 0.1) is 36.9 Å². The van der Waals surface area contributed by atoms with Gasteiger partial charge in [-0.15, -0.1) is 5.10 Å². The van der Waals surface area contributed by atoms with Gasteiger partial charge in [-0.05, 0) is 78.7 Å². The minimum absolute atomic E-state index is 0.0366. The molecule has 318 valence electrons. The summed E-state index contributed by atoms with van der Waals surface area (Å²) < 4.78 is 8.81. The molecule has 1 saturated heterocycles. The third-order valence-electron chi connectivity index (χ3n) is 12.5. The van der Waals surface area contributed by atoms with E-state index in [0.29, 0.717) is 47.7 Å². The van der Waals surface area contributed by atoms with Crippen molar-refractivity contribution >= 4 is 64.9 Å². The third-order valence-corrected chi connectivity index (χ3v) is 15.0. The normalized spacial score (nSPS) is 19.8. The molecule has 1 spiro atoms. The Morgan fingerprint density at radius 3 is 2.16 bits per heavy atom. The first kappa shape index (κ1) is 41.0. The first-order valence-electron chi connectivity index (χ1n) is 21.1. The molecule has 5 heterocycles. The summed E-state index contributed by atoms with van der Waals surface area (Å²) in [6.07, 6.45) is 6.19. The van der Waals surface area contributed by atoms with E-state index >= 15 is 4.79 Å². The van der Waals surface area contributed by atoms with Gasteiger partial charge in [0.2, 0.25) is 11.8 Å². The maximum Gasteiger partial charge on any atom is 0.264 e. The van der Waals surface area contributed by atoms with Crippen molar-refractivity contribution in [1.82, 2.24) is 25.0 Å². The Hall–Kier alpha value is -6.39. The van der Waals surface area contributed by atoms with Crippen LogP contribution in [0.25, 0.3) is 21.8 Å². The number of H-pyrrole nitrogens is 2. The Morgan fingerprint density at radius 1 is 0.871 bits per heavy atom. The molecule has 3 aromatic heterocycles. The molecule has 15 heteroatoms. The van der Waals surface area contributed by atoms with E-state index in [1.54, 1.807) is 21.8 Å². The number of carbonyl (C=O) groups excluding carboxylic acids is 3. The molecule has 0 bridgehead atoms. The van der Waals surface area contributed by atoms with E-state index < -0.39 is 25.9 Å². The summed E-state index contributed by atoms with van der Waals surface area (Å²) >= 11 is 0. The molecule has 4 atom stereocenters. The summed E-state index contributed by atoms with van der Waals surface area (Å²) in [4.78, 5) is 62.3. The second kappa shape index (κ2) is 16.5. The first-order valence-corrected chi connectivity index (χ1v) is 24.1. The fourth-order valence-electron chi connectivity index (χ4n) is 9.76. The number of rotatable bonds is 14. The fourth-order valence-corrected chi connectivity index (χ4v) is 12.4. The van der Waals surface area contributed by atoms with Gasteiger partial charge in [-0.3, -0.25) is 19.1 Å². The van der Waals surface area contributed by atoms with Crippen LogP contribution in [0.2, 0.25) is 18.6 Å². The van der Waals surface area contributed by atoms with Crippen molar-refractivity contribution in [3.63, 3.8) is 0 Å². The molecule has 7 aromatic rings. The number of aryl methyl sites for hydroxylation is 1. The SMILES string of the molecule is C[C@H]1[C@H]([Si](C)(C)O)[C@@H](CCn2cc(CCO)nn2)O[C@]12C(=O)N(Cc1cccc(NC(=O)Cc3c[nH]c4ccccc34)c1)c1ccc(NC(=O)Cc3c[nH]c4ccccc34)cc12. The number of nitrogens with one attached hydrogen (secondary N) is 4. The molecule has 4 aromatic carbocycles. The number of aromatic amines is 2. The number of ether oxygens (including phenoxy) is 1. The summed E-state index contributed by atoms with van der Waals surface area (Å²) in [5.74, 6) is -1.07. The lowest BCUT2D eigenvalue weighted by atomic mass is 9.82. The van der Waals surface area contributed by atoms with Crippen molar-refractivity contribution in [2.75, 3.05) is 22.1 Å².